The van der Waals surface area contributed by atoms with Crippen molar-refractivity contribution in [2.75, 3.05) is 26.3 Å². The normalized spacial score (nSPS) is 19.2. The molecule has 1 aromatic carbocycles. The van der Waals surface area contributed by atoms with Gasteiger partial charge in [-0.2, -0.15) is 0 Å². The Morgan fingerprint density at radius 3 is 2.87 bits per heavy atom. The first-order valence-corrected chi connectivity index (χ1v) is 12.0. The molecule has 7 heteroatoms. The standard InChI is InChI=1S/C23H24N2O3S2/c1-15(16-4-5-18-19(13-16)28-10-9-27-18)24-22(26)14-25-8-6-20-17(7-12-30-20)23(25)21-3-2-11-29-21/h2-5,7,11-13,15,23H,6,8-10,14H2,1H3,(H,24,26)/t15-,23+/m1/s1. The van der Waals surface area contributed by atoms with Crippen LogP contribution in [0.5, 0.6) is 11.5 Å². The molecule has 1 amide bonds. The van der Waals surface area contributed by atoms with Crippen molar-refractivity contribution in [3.05, 3.63) is 68.0 Å². The molecule has 0 spiro atoms. The summed E-state index contributed by atoms with van der Waals surface area (Å²) >= 11 is 3.58. The average Bonchev–Trinajstić information content (AvgIpc) is 3.45. The number of thiophene rings is 2. The molecule has 0 saturated carbocycles. The second kappa shape index (κ2) is 8.41. The Morgan fingerprint density at radius 1 is 1.17 bits per heavy atom. The molecule has 156 valence electrons. The van der Waals surface area contributed by atoms with E-state index >= 15 is 0 Å². The molecule has 2 aliphatic rings. The summed E-state index contributed by atoms with van der Waals surface area (Å²) in [5.41, 5.74) is 2.36. The Balaban J connectivity index is 1.29. The third-order valence-corrected chi connectivity index (χ3v) is 7.59. The molecule has 5 nitrogen and oxygen atoms in total. The zero-order valence-electron chi connectivity index (χ0n) is 16.8. The number of fused-ring (bicyclic) bond motifs is 2. The van der Waals surface area contributed by atoms with E-state index in [9.17, 15) is 4.79 Å². The highest BCUT2D eigenvalue weighted by Crippen LogP contribution is 2.39. The summed E-state index contributed by atoms with van der Waals surface area (Å²) in [7, 11) is 0. The summed E-state index contributed by atoms with van der Waals surface area (Å²) in [5, 5.41) is 7.44. The van der Waals surface area contributed by atoms with E-state index in [2.05, 4.69) is 39.2 Å². The van der Waals surface area contributed by atoms with Crippen molar-refractivity contribution >= 4 is 28.6 Å². The zero-order valence-corrected chi connectivity index (χ0v) is 18.4. The van der Waals surface area contributed by atoms with Crippen molar-refractivity contribution in [3.63, 3.8) is 0 Å². The molecule has 3 aromatic rings. The Hall–Kier alpha value is -2.35. The highest BCUT2D eigenvalue weighted by molar-refractivity contribution is 7.10. The van der Waals surface area contributed by atoms with Crippen molar-refractivity contribution in [1.29, 1.82) is 0 Å². The Kier molecular flexibility index (Phi) is 5.50. The van der Waals surface area contributed by atoms with Crippen LogP contribution in [-0.2, 0) is 11.2 Å². The zero-order chi connectivity index (χ0) is 20.5. The highest BCUT2D eigenvalue weighted by Gasteiger charge is 2.31. The molecular formula is C23H24N2O3S2. The van der Waals surface area contributed by atoms with Gasteiger partial charge in [0.1, 0.15) is 13.2 Å². The van der Waals surface area contributed by atoms with Crippen molar-refractivity contribution < 1.29 is 14.3 Å². The molecule has 2 aromatic heterocycles. The van der Waals surface area contributed by atoms with Gasteiger partial charge in [-0.3, -0.25) is 9.69 Å². The molecule has 0 unspecified atom stereocenters. The molecule has 1 N–H and O–H groups in total. The highest BCUT2D eigenvalue weighted by atomic mass is 32.1. The first kappa shape index (κ1) is 19.6. The molecule has 30 heavy (non-hydrogen) atoms. The lowest BCUT2D eigenvalue weighted by Crippen LogP contribution is -2.43. The first-order valence-electron chi connectivity index (χ1n) is 10.2. The van der Waals surface area contributed by atoms with E-state index in [-0.39, 0.29) is 18.0 Å². The summed E-state index contributed by atoms with van der Waals surface area (Å²) in [6, 6.07) is 12.4. The van der Waals surface area contributed by atoms with E-state index in [1.54, 1.807) is 11.3 Å². The van der Waals surface area contributed by atoms with Crippen LogP contribution in [0.3, 0.4) is 0 Å². The van der Waals surface area contributed by atoms with Crippen LogP contribution in [0.15, 0.2) is 47.2 Å². The molecule has 0 fully saturated rings. The molecule has 0 saturated heterocycles. The van der Waals surface area contributed by atoms with Crippen molar-refractivity contribution in [2.24, 2.45) is 0 Å². The van der Waals surface area contributed by atoms with E-state index in [1.165, 1.54) is 15.3 Å². The van der Waals surface area contributed by atoms with Gasteiger partial charge in [-0.25, -0.2) is 0 Å². The molecule has 4 heterocycles. The minimum atomic E-state index is -0.102. The summed E-state index contributed by atoms with van der Waals surface area (Å²) in [5.74, 6) is 1.55. The fourth-order valence-corrected chi connectivity index (χ4v) is 5.98. The van der Waals surface area contributed by atoms with Crippen LogP contribution in [0, 0.1) is 0 Å². The molecule has 2 aliphatic heterocycles. The Labute approximate surface area is 184 Å². The lowest BCUT2D eigenvalue weighted by molar-refractivity contribution is -0.123. The number of carbonyl (C=O) groups excluding carboxylic acids is 1. The Bertz CT molecular complexity index is 1030. The molecule has 0 aliphatic carbocycles. The lowest BCUT2D eigenvalue weighted by atomic mass is 9.98. The first-order chi connectivity index (χ1) is 14.7. The fourth-order valence-electron chi connectivity index (χ4n) is 4.20. The number of hydrogen-bond acceptors (Lipinski definition) is 6. The van der Waals surface area contributed by atoms with Crippen LogP contribution < -0.4 is 14.8 Å². The third kappa shape index (κ3) is 3.85. The number of benzene rings is 1. The van der Waals surface area contributed by atoms with E-state index in [0.29, 0.717) is 19.8 Å². The number of ether oxygens (including phenoxy) is 2. The van der Waals surface area contributed by atoms with Gasteiger partial charge in [0, 0.05) is 16.3 Å². The van der Waals surface area contributed by atoms with Gasteiger partial charge in [-0.1, -0.05) is 12.1 Å². The molecule has 2 atom stereocenters. The van der Waals surface area contributed by atoms with Crippen LogP contribution >= 0.6 is 22.7 Å². The van der Waals surface area contributed by atoms with E-state index < -0.39 is 0 Å². The number of amides is 1. The van der Waals surface area contributed by atoms with Crippen LogP contribution in [0.1, 0.15) is 39.9 Å². The van der Waals surface area contributed by atoms with Gasteiger partial charge in [-0.05, 0) is 59.5 Å². The van der Waals surface area contributed by atoms with Crippen LogP contribution in [0.4, 0.5) is 0 Å². The van der Waals surface area contributed by atoms with Crippen molar-refractivity contribution in [3.8, 4) is 11.5 Å². The maximum atomic E-state index is 12.9. The molecule has 5 rings (SSSR count). The number of rotatable bonds is 5. The van der Waals surface area contributed by atoms with Gasteiger partial charge in [-0.15, -0.1) is 22.7 Å². The smallest absolute Gasteiger partial charge is 0.234 e. The van der Waals surface area contributed by atoms with E-state index in [1.807, 2.05) is 36.5 Å². The quantitative estimate of drug-likeness (QED) is 0.639. The van der Waals surface area contributed by atoms with Crippen LogP contribution in [0.2, 0.25) is 0 Å². The average molecular weight is 441 g/mol. The maximum absolute atomic E-state index is 12.9. The summed E-state index contributed by atoms with van der Waals surface area (Å²) in [4.78, 5) is 18.0. The third-order valence-electron chi connectivity index (χ3n) is 5.67. The molecule has 0 bridgehead atoms. The topological polar surface area (TPSA) is 50.8 Å². The van der Waals surface area contributed by atoms with Gasteiger partial charge in [0.25, 0.3) is 0 Å². The van der Waals surface area contributed by atoms with Gasteiger partial charge < -0.3 is 14.8 Å². The summed E-state index contributed by atoms with van der Waals surface area (Å²) < 4.78 is 11.3. The lowest BCUT2D eigenvalue weighted by Gasteiger charge is -2.35. The fraction of sp³-hybridized carbons (Fsp3) is 0.348. The predicted octanol–water partition coefficient (Wildman–Crippen LogP) is 4.41. The van der Waals surface area contributed by atoms with Gasteiger partial charge in [0.05, 0.1) is 18.6 Å². The van der Waals surface area contributed by atoms with E-state index in [4.69, 9.17) is 9.47 Å². The van der Waals surface area contributed by atoms with Crippen molar-refractivity contribution in [1.82, 2.24) is 10.2 Å². The summed E-state index contributed by atoms with van der Waals surface area (Å²) in [6.45, 7) is 4.41. The van der Waals surface area contributed by atoms with Crippen LogP contribution in [-0.4, -0.2) is 37.1 Å². The number of carbonyl (C=O) groups is 1. The number of nitrogens with one attached hydrogen (secondary N) is 1. The van der Waals surface area contributed by atoms with Gasteiger partial charge in [0.15, 0.2) is 11.5 Å². The SMILES string of the molecule is C[C@@H](NC(=O)CN1CCc2sccc2[C@H]1c1cccs1)c1ccc2c(c1)OCCO2. The van der Waals surface area contributed by atoms with Gasteiger partial charge in [0.2, 0.25) is 5.91 Å². The summed E-state index contributed by atoms with van der Waals surface area (Å²) in [6.07, 6.45) is 1.000. The minimum absolute atomic E-state index is 0.0395. The Morgan fingerprint density at radius 2 is 2.03 bits per heavy atom. The maximum Gasteiger partial charge on any atom is 0.234 e. The predicted molar refractivity (Wildman–Crippen MR) is 120 cm³/mol. The van der Waals surface area contributed by atoms with E-state index in [0.717, 1.165) is 30.0 Å². The second-order valence-corrected chi connectivity index (χ2v) is 9.61. The number of hydrogen-bond donors (Lipinski definition) is 1. The number of nitrogens with zero attached hydrogens (tertiary/aromatic N) is 1. The van der Waals surface area contributed by atoms with Crippen LogP contribution in [0.25, 0.3) is 0 Å². The second-order valence-electron chi connectivity index (χ2n) is 7.63. The van der Waals surface area contributed by atoms with Crippen molar-refractivity contribution in [2.45, 2.75) is 25.4 Å². The largest absolute Gasteiger partial charge is 0.486 e. The molecule has 0 radical (unpaired) electrons. The minimum Gasteiger partial charge on any atom is -0.486 e. The monoisotopic (exact) mass is 440 g/mol. The molecular weight excluding hydrogens is 416 g/mol. The van der Waals surface area contributed by atoms with Gasteiger partial charge >= 0.3 is 0 Å².